The summed E-state index contributed by atoms with van der Waals surface area (Å²) in [6.45, 7) is 2.30. The van der Waals surface area contributed by atoms with E-state index in [0.29, 0.717) is 6.04 Å². The Kier molecular flexibility index (Phi) is 2.80. The van der Waals surface area contributed by atoms with Crippen LogP contribution in [0.3, 0.4) is 0 Å². The summed E-state index contributed by atoms with van der Waals surface area (Å²) in [4.78, 5) is 6.42. The van der Waals surface area contributed by atoms with Gasteiger partial charge < -0.3 is 10.2 Å². The van der Waals surface area contributed by atoms with Crippen molar-refractivity contribution in [2.45, 2.75) is 25.8 Å². The molecule has 1 aliphatic rings. The van der Waals surface area contributed by atoms with Crippen LogP contribution in [-0.2, 0) is 0 Å². The van der Waals surface area contributed by atoms with Gasteiger partial charge in [-0.25, -0.2) is 4.98 Å². The Morgan fingerprint density at radius 3 is 2.73 bits per heavy atom. The molecule has 0 aromatic carbocycles. The van der Waals surface area contributed by atoms with Gasteiger partial charge >= 0.3 is 0 Å². The molecule has 0 saturated heterocycles. The third-order valence-electron chi connectivity index (χ3n) is 2.94. The van der Waals surface area contributed by atoms with Gasteiger partial charge in [-0.05, 0) is 30.9 Å². The van der Waals surface area contributed by atoms with Crippen molar-refractivity contribution in [3.05, 3.63) is 18.3 Å². The van der Waals surface area contributed by atoms with Crippen molar-refractivity contribution < 1.29 is 0 Å². The van der Waals surface area contributed by atoms with Crippen LogP contribution in [0.25, 0.3) is 0 Å². The van der Waals surface area contributed by atoms with Gasteiger partial charge in [-0.15, -0.1) is 0 Å². The molecule has 1 aliphatic carbocycles. The SMILES string of the molecule is CC1CC(Nc2cccnc2N(C)C)C1. The fraction of sp³-hybridized carbons (Fsp3) is 0.583. The minimum Gasteiger partial charge on any atom is -0.379 e. The van der Waals surface area contributed by atoms with E-state index in [-0.39, 0.29) is 0 Å². The molecule has 1 fully saturated rings. The zero-order valence-electron chi connectivity index (χ0n) is 9.70. The maximum atomic E-state index is 4.37. The average Bonchev–Trinajstić information content (AvgIpc) is 2.16. The third kappa shape index (κ3) is 2.22. The average molecular weight is 205 g/mol. The molecule has 2 rings (SSSR count). The summed E-state index contributed by atoms with van der Waals surface area (Å²) in [7, 11) is 4.05. The van der Waals surface area contributed by atoms with Crippen LogP contribution in [0.2, 0.25) is 0 Å². The highest BCUT2D eigenvalue weighted by Gasteiger charge is 2.25. The molecule has 0 amide bonds. The van der Waals surface area contributed by atoms with E-state index in [2.05, 4.69) is 23.3 Å². The Labute approximate surface area is 91.5 Å². The fourth-order valence-corrected chi connectivity index (χ4v) is 2.11. The molecular weight excluding hydrogens is 186 g/mol. The van der Waals surface area contributed by atoms with Crippen LogP contribution in [0.4, 0.5) is 11.5 Å². The van der Waals surface area contributed by atoms with E-state index in [0.717, 1.165) is 17.4 Å². The number of anilines is 2. The van der Waals surface area contributed by atoms with Crippen LogP contribution >= 0.6 is 0 Å². The number of rotatable bonds is 3. The molecule has 0 bridgehead atoms. The van der Waals surface area contributed by atoms with Gasteiger partial charge in [-0.2, -0.15) is 0 Å². The first-order chi connectivity index (χ1) is 7.16. The van der Waals surface area contributed by atoms with Crippen LogP contribution in [0.1, 0.15) is 19.8 Å². The molecule has 1 saturated carbocycles. The molecule has 1 aromatic rings. The Morgan fingerprint density at radius 1 is 1.40 bits per heavy atom. The standard InChI is InChI=1S/C12H19N3/c1-9-7-10(8-9)14-11-5-4-6-13-12(11)15(2)3/h4-6,9-10,14H,7-8H2,1-3H3. The van der Waals surface area contributed by atoms with E-state index in [9.17, 15) is 0 Å². The molecule has 0 aliphatic heterocycles. The summed E-state index contributed by atoms with van der Waals surface area (Å²) in [5.74, 6) is 1.90. The number of nitrogens with one attached hydrogen (secondary N) is 1. The van der Waals surface area contributed by atoms with Crippen molar-refractivity contribution in [1.82, 2.24) is 4.98 Å². The van der Waals surface area contributed by atoms with Crippen LogP contribution in [0.15, 0.2) is 18.3 Å². The molecule has 3 nitrogen and oxygen atoms in total. The largest absolute Gasteiger partial charge is 0.379 e. The summed E-state index contributed by atoms with van der Waals surface area (Å²) in [6, 6.07) is 4.73. The maximum Gasteiger partial charge on any atom is 0.151 e. The third-order valence-corrected chi connectivity index (χ3v) is 2.94. The highest BCUT2D eigenvalue weighted by atomic mass is 15.2. The van der Waals surface area contributed by atoms with E-state index < -0.39 is 0 Å². The Hall–Kier alpha value is -1.25. The summed E-state index contributed by atoms with van der Waals surface area (Å²) in [5, 5.41) is 3.55. The second-order valence-corrected chi connectivity index (χ2v) is 4.69. The molecule has 82 valence electrons. The molecule has 3 heteroatoms. The van der Waals surface area contributed by atoms with Crippen LogP contribution in [-0.4, -0.2) is 25.1 Å². The van der Waals surface area contributed by atoms with Crippen molar-refractivity contribution in [2.24, 2.45) is 5.92 Å². The monoisotopic (exact) mass is 205 g/mol. The molecule has 1 aromatic heterocycles. The summed E-state index contributed by atoms with van der Waals surface area (Å²) < 4.78 is 0. The summed E-state index contributed by atoms with van der Waals surface area (Å²) in [5.41, 5.74) is 1.15. The highest BCUT2D eigenvalue weighted by molar-refractivity contribution is 5.65. The predicted octanol–water partition coefficient (Wildman–Crippen LogP) is 2.36. The van der Waals surface area contributed by atoms with E-state index in [1.807, 2.05) is 31.3 Å². The maximum absolute atomic E-state index is 4.37. The number of hydrogen-bond donors (Lipinski definition) is 1. The van der Waals surface area contributed by atoms with Crippen LogP contribution < -0.4 is 10.2 Å². The molecule has 15 heavy (non-hydrogen) atoms. The lowest BCUT2D eigenvalue weighted by molar-refractivity contribution is 0.309. The first-order valence-electron chi connectivity index (χ1n) is 5.55. The van der Waals surface area contributed by atoms with Crippen molar-refractivity contribution in [1.29, 1.82) is 0 Å². The van der Waals surface area contributed by atoms with Crippen molar-refractivity contribution in [3.63, 3.8) is 0 Å². The van der Waals surface area contributed by atoms with Gasteiger partial charge in [0.1, 0.15) is 0 Å². The minimum atomic E-state index is 0.642. The predicted molar refractivity (Wildman–Crippen MR) is 64.4 cm³/mol. The van der Waals surface area contributed by atoms with Crippen molar-refractivity contribution >= 4 is 11.5 Å². The molecule has 0 atom stereocenters. The lowest BCUT2D eigenvalue weighted by atomic mass is 9.82. The summed E-state index contributed by atoms with van der Waals surface area (Å²) >= 11 is 0. The quantitative estimate of drug-likeness (QED) is 0.821. The van der Waals surface area contributed by atoms with E-state index >= 15 is 0 Å². The van der Waals surface area contributed by atoms with Gasteiger partial charge in [0.25, 0.3) is 0 Å². The van der Waals surface area contributed by atoms with E-state index in [4.69, 9.17) is 0 Å². The Morgan fingerprint density at radius 2 is 2.13 bits per heavy atom. The van der Waals surface area contributed by atoms with Gasteiger partial charge in [0.15, 0.2) is 5.82 Å². The highest BCUT2D eigenvalue weighted by Crippen LogP contribution is 2.31. The number of hydrogen-bond acceptors (Lipinski definition) is 3. The number of pyridine rings is 1. The van der Waals surface area contributed by atoms with Crippen LogP contribution in [0.5, 0.6) is 0 Å². The zero-order valence-corrected chi connectivity index (χ0v) is 9.70. The number of nitrogens with zero attached hydrogens (tertiary/aromatic N) is 2. The van der Waals surface area contributed by atoms with Crippen molar-refractivity contribution in [2.75, 3.05) is 24.3 Å². The Balaban J connectivity index is 2.07. The molecule has 0 spiro atoms. The molecule has 0 unspecified atom stereocenters. The van der Waals surface area contributed by atoms with Gasteiger partial charge in [0, 0.05) is 26.3 Å². The van der Waals surface area contributed by atoms with Gasteiger partial charge in [-0.3, -0.25) is 0 Å². The molecule has 1 N–H and O–H groups in total. The van der Waals surface area contributed by atoms with Crippen LogP contribution in [0, 0.1) is 5.92 Å². The van der Waals surface area contributed by atoms with E-state index in [1.54, 1.807) is 0 Å². The second-order valence-electron chi connectivity index (χ2n) is 4.69. The molecule has 0 radical (unpaired) electrons. The normalized spacial score (nSPS) is 24.5. The molecular formula is C12H19N3. The second kappa shape index (κ2) is 4.09. The fourth-order valence-electron chi connectivity index (χ4n) is 2.11. The Bertz CT molecular complexity index is 329. The first kappa shape index (κ1) is 10.3. The molecule has 1 heterocycles. The van der Waals surface area contributed by atoms with Gasteiger partial charge in [-0.1, -0.05) is 6.92 Å². The van der Waals surface area contributed by atoms with E-state index in [1.165, 1.54) is 12.8 Å². The lowest BCUT2D eigenvalue weighted by Gasteiger charge is -2.34. The zero-order chi connectivity index (χ0) is 10.8. The number of aromatic nitrogens is 1. The summed E-state index contributed by atoms with van der Waals surface area (Å²) in [6.07, 6.45) is 4.40. The first-order valence-corrected chi connectivity index (χ1v) is 5.55. The van der Waals surface area contributed by atoms with Crippen molar-refractivity contribution in [3.8, 4) is 0 Å². The topological polar surface area (TPSA) is 28.2 Å². The minimum absolute atomic E-state index is 0.642. The van der Waals surface area contributed by atoms with Gasteiger partial charge in [0.2, 0.25) is 0 Å². The lowest BCUT2D eigenvalue weighted by Crippen LogP contribution is -2.34. The smallest absolute Gasteiger partial charge is 0.151 e. The van der Waals surface area contributed by atoms with Gasteiger partial charge in [0.05, 0.1) is 5.69 Å².